The van der Waals surface area contributed by atoms with Crippen LogP contribution in [0.1, 0.15) is 5.56 Å². The Morgan fingerprint density at radius 3 is 2.61 bits per heavy atom. The van der Waals surface area contributed by atoms with Gasteiger partial charge < -0.3 is 5.73 Å². The summed E-state index contributed by atoms with van der Waals surface area (Å²) in [5.74, 6) is 0.584. The molecule has 86 valence electrons. The molecule has 0 unspecified atom stereocenters. The fourth-order valence-electron chi connectivity index (χ4n) is 1.94. The Morgan fingerprint density at radius 2 is 1.89 bits per heavy atom. The van der Waals surface area contributed by atoms with Crippen LogP contribution in [0.2, 0.25) is 0 Å². The molecule has 0 aliphatic rings. The largest absolute Gasteiger partial charge is 0.383 e. The van der Waals surface area contributed by atoms with Gasteiger partial charge in [-0.3, -0.25) is 0 Å². The second-order valence-corrected chi connectivity index (χ2v) is 3.98. The van der Waals surface area contributed by atoms with Crippen LogP contribution in [-0.2, 0) is 0 Å². The van der Waals surface area contributed by atoms with Gasteiger partial charge in [0.1, 0.15) is 5.82 Å². The van der Waals surface area contributed by atoms with E-state index in [0.717, 1.165) is 16.6 Å². The molecule has 0 aliphatic heterocycles. The molecule has 0 radical (unpaired) electrons. The van der Waals surface area contributed by atoms with E-state index in [2.05, 4.69) is 11.2 Å². The number of anilines is 1. The third-order valence-electron chi connectivity index (χ3n) is 2.84. The quantitative estimate of drug-likeness (QED) is 0.703. The first-order valence-corrected chi connectivity index (χ1v) is 5.53. The molecule has 2 aromatic carbocycles. The summed E-state index contributed by atoms with van der Waals surface area (Å²) in [6.07, 6.45) is 0. The van der Waals surface area contributed by atoms with Gasteiger partial charge in [-0.15, -0.1) is 0 Å². The molecule has 18 heavy (non-hydrogen) atoms. The standard InChI is InChI=1S/C14H10N4/c15-9-10-6-7-12-13(8-10)17-18(14(12)16)11-4-2-1-3-5-11/h1-8H,16H2. The number of nitrogens with two attached hydrogens (primary N) is 1. The third-order valence-corrected chi connectivity index (χ3v) is 2.84. The number of nitriles is 1. The summed E-state index contributed by atoms with van der Waals surface area (Å²) in [5.41, 5.74) is 8.30. The molecule has 0 fully saturated rings. The Bertz CT molecular complexity index is 751. The zero-order chi connectivity index (χ0) is 12.5. The maximum absolute atomic E-state index is 8.87. The average molecular weight is 234 g/mol. The Kier molecular flexibility index (Phi) is 2.24. The number of nitrogen functional groups attached to an aromatic ring is 1. The van der Waals surface area contributed by atoms with Gasteiger partial charge in [0.15, 0.2) is 0 Å². The van der Waals surface area contributed by atoms with E-state index in [1.807, 2.05) is 36.4 Å². The van der Waals surface area contributed by atoms with E-state index in [4.69, 9.17) is 11.0 Å². The van der Waals surface area contributed by atoms with E-state index in [0.29, 0.717) is 11.4 Å². The number of hydrogen-bond donors (Lipinski definition) is 1. The first kappa shape index (κ1) is 10.4. The van der Waals surface area contributed by atoms with Crippen molar-refractivity contribution in [2.24, 2.45) is 0 Å². The Balaban J connectivity index is 2.27. The van der Waals surface area contributed by atoms with Crippen molar-refractivity contribution in [1.82, 2.24) is 9.78 Å². The van der Waals surface area contributed by atoms with Gasteiger partial charge in [0.05, 0.1) is 22.8 Å². The third kappa shape index (κ3) is 1.50. The van der Waals surface area contributed by atoms with Crippen LogP contribution in [0.5, 0.6) is 0 Å². The van der Waals surface area contributed by atoms with Crippen molar-refractivity contribution < 1.29 is 0 Å². The summed E-state index contributed by atoms with van der Waals surface area (Å²) < 4.78 is 1.69. The first-order valence-electron chi connectivity index (χ1n) is 5.53. The van der Waals surface area contributed by atoms with Crippen molar-refractivity contribution in [3.63, 3.8) is 0 Å². The van der Waals surface area contributed by atoms with Crippen LogP contribution < -0.4 is 5.73 Å². The van der Waals surface area contributed by atoms with Crippen LogP contribution in [0.15, 0.2) is 48.5 Å². The number of benzene rings is 2. The maximum atomic E-state index is 8.87. The van der Waals surface area contributed by atoms with Crippen molar-refractivity contribution in [2.45, 2.75) is 0 Å². The van der Waals surface area contributed by atoms with Crippen molar-refractivity contribution in [1.29, 1.82) is 5.26 Å². The van der Waals surface area contributed by atoms with Crippen molar-refractivity contribution in [3.8, 4) is 11.8 Å². The fraction of sp³-hybridized carbons (Fsp3) is 0. The van der Waals surface area contributed by atoms with Gasteiger partial charge in [0.2, 0.25) is 0 Å². The molecule has 0 saturated carbocycles. The summed E-state index contributed by atoms with van der Waals surface area (Å²) >= 11 is 0. The monoisotopic (exact) mass is 234 g/mol. The zero-order valence-electron chi connectivity index (χ0n) is 9.54. The number of rotatable bonds is 1. The topological polar surface area (TPSA) is 67.6 Å². The first-order chi connectivity index (χ1) is 8.79. The molecule has 0 saturated heterocycles. The molecular weight excluding hydrogens is 224 g/mol. The minimum absolute atomic E-state index is 0.584. The molecule has 0 amide bonds. The summed E-state index contributed by atoms with van der Waals surface area (Å²) in [7, 11) is 0. The predicted octanol–water partition coefficient (Wildman–Crippen LogP) is 2.48. The maximum Gasteiger partial charge on any atom is 0.135 e. The smallest absolute Gasteiger partial charge is 0.135 e. The molecule has 3 aromatic rings. The second-order valence-electron chi connectivity index (χ2n) is 3.98. The van der Waals surface area contributed by atoms with E-state index in [1.165, 1.54) is 0 Å². The van der Waals surface area contributed by atoms with Gasteiger partial charge in [-0.2, -0.15) is 10.4 Å². The van der Waals surface area contributed by atoms with Crippen LogP contribution >= 0.6 is 0 Å². The number of nitrogens with zero attached hydrogens (tertiary/aromatic N) is 3. The molecule has 0 aliphatic carbocycles. The second kappa shape index (κ2) is 3.90. The van der Waals surface area contributed by atoms with E-state index in [-0.39, 0.29) is 0 Å². The van der Waals surface area contributed by atoms with Crippen LogP contribution in [-0.4, -0.2) is 9.78 Å². The molecule has 2 N–H and O–H groups in total. The highest BCUT2D eigenvalue weighted by atomic mass is 15.3. The molecule has 0 bridgehead atoms. The van der Waals surface area contributed by atoms with E-state index >= 15 is 0 Å². The van der Waals surface area contributed by atoms with Crippen LogP contribution in [0.25, 0.3) is 16.6 Å². The van der Waals surface area contributed by atoms with Gasteiger partial charge in [-0.25, -0.2) is 4.68 Å². The van der Waals surface area contributed by atoms with E-state index in [1.54, 1.807) is 16.8 Å². The van der Waals surface area contributed by atoms with Gasteiger partial charge in [-0.1, -0.05) is 18.2 Å². The molecular formula is C14H10N4. The Morgan fingerprint density at radius 1 is 1.11 bits per heavy atom. The van der Waals surface area contributed by atoms with Crippen LogP contribution in [0.4, 0.5) is 5.82 Å². The summed E-state index contributed by atoms with van der Waals surface area (Å²) in [5, 5.41) is 14.2. The van der Waals surface area contributed by atoms with Crippen molar-refractivity contribution in [3.05, 3.63) is 54.1 Å². The minimum atomic E-state index is 0.584. The number of para-hydroxylation sites is 1. The molecule has 0 atom stereocenters. The van der Waals surface area contributed by atoms with Crippen molar-refractivity contribution >= 4 is 16.7 Å². The van der Waals surface area contributed by atoms with Crippen LogP contribution in [0.3, 0.4) is 0 Å². The minimum Gasteiger partial charge on any atom is -0.383 e. The number of hydrogen-bond acceptors (Lipinski definition) is 3. The summed E-state index contributed by atoms with van der Waals surface area (Å²) in [4.78, 5) is 0. The number of aromatic nitrogens is 2. The highest BCUT2D eigenvalue weighted by molar-refractivity contribution is 5.90. The molecule has 0 spiro atoms. The van der Waals surface area contributed by atoms with E-state index in [9.17, 15) is 0 Å². The highest BCUT2D eigenvalue weighted by Crippen LogP contribution is 2.24. The molecule has 1 heterocycles. The lowest BCUT2D eigenvalue weighted by atomic mass is 10.2. The summed E-state index contributed by atoms with van der Waals surface area (Å²) in [6, 6.07) is 17.1. The highest BCUT2D eigenvalue weighted by Gasteiger charge is 2.09. The van der Waals surface area contributed by atoms with E-state index < -0.39 is 0 Å². The lowest BCUT2D eigenvalue weighted by Gasteiger charge is -2.02. The van der Waals surface area contributed by atoms with Gasteiger partial charge in [-0.05, 0) is 30.3 Å². The van der Waals surface area contributed by atoms with Gasteiger partial charge in [0.25, 0.3) is 0 Å². The molecule has 4 nitrogen and oxygen atoms in total. The van der Waals surface area contributed by atoms with Crippen LogP contribution in [0, 0.1) is 11.3 Å². The normalized spacial score (nSPS) is 10.4. The number of fused-ring (bicyclic) bond motifs is 1. The van der Waals surface area contributed by atoms with Gasteiger partial charge >= 0.3 is 0 Å². The zero-order valence-corrected chi connectivity index (χ0v) is 9.54. The lowest BCUT2D eigenvalue weighted by molar-refractivity contribution is 0.907. The van der Waals surface area contributed by atoms with Gasteiger partial charge in [0, 0.05) is 5.39 Å². The fourth-order valence-corrected chi connectivity index (χ4v) is 1.94. The molecule has 3 rings (SSSR count). The SMILES string of the molecule is N#Cc1ccc2c(N)n(-c3ccccc3)nc2c1. The predicted molar refractivity (Wildman–Crippen MR) is 70.2 cm³/mol. The Hall–Kier alpha value is -2.80. The average Bonchev–Trinajstić information content (AvgIpc) is 2.76. The summed E-state index contributed by atoms with van der Waals surface area (Å²) in [6.45, 7) is 0. The Labute approximate surface area is 104 Å². The molecule has 4 heteroatoms. The lowest BCUT2D eigenvalue weighted by Crippen LogP contribution is -2.00. The molecule has 1 aromatic heterocycles. The van der Waals surface area contributed by atoms with Crippen molar-refractivity contribution in [2.75, 3.05) is 5.73 Å².